The molecular formula is C37H40Cl2Zr. The van der Waals surface area contributed by atoms with Gasteiger partial charge in [-0.15, -0.1) is 0 Å². The molecule has 0 spiro atoms. The molecule has 4 aromatic rings. The van der Waals surface area contributed by atoms with Gasteiger partial charge in [-0.25, -0.2) is 0 Å². The number of hydrogen-bond donors (Lipinski definition) is 0. The van der Waals surface area contributed by atoms with Crippen LogP contribution in [0, 0.1) is 0 Å². The second kappa shape index (κ2) is 12.3. The van der Waals surface area contributed by atoms with Crippen molar-refractivity contribution < 1.29 is 45.1 Å². The van der Waals surface area contributed by atoms with Crippen molar-refractivity contribution in [1.29, 1.82) is 0 Å². The number of rotatable bonds is 8. The summed E-state index contributed by atoms with van der Waals surface area (Å²) in [5.74, 6) is 0. The van der Waals surface area contributed by atoms with Crippen molar-refractivity contribution in [2.24, 2.45) is 0 Å². The Hall–Kier alpha value is -1.66. The van der Waals surface area contributed by atoms with Crippen LogP contribution in [0.15, 0.2) is 83.9 Å². The predicted octanol–water partition coefficient (Wildman–Crippen LogP) is 5.35. The van der Waals surface area contributed by atoms with Gasteiger partial charge in [-0.2, -0.15) is 0 Å². The molecule has 0 aromatic heterocycles. The zero-order valence-electron chi connectivity index (χ0n) is 23.9. The summed E-state index contributed by atoms with van der Waals surface area (Å²) in [5.41, 5.74) is 10.1. The summed E-state index contributed by atoms with van der Waals surface area (Å²) in [7, 11) is 0. The Balaban J connectivity index is 0.00000161. The maximum atomic E-state index is 2.68. The smallest absolute Gasteiger partial charge is 1.00 e. The van der Waals surface area contributed by atoms with Crippen LogP contribution in [0.2, 0.25) is 8.26 Å². The van der Waals surface area contributed by atoms with Crippen LogP contribution in [0.1, 0.15) is 88.3 Å². The van der Waals surface area contributed by atoms with Crippen molar-refractivity contribution in [2.45, 2.75) is 74.3 Å². The Morgan fingerprint density at radius 3 is 1.45 bits per heavy atom. The van der Waals surface area contributed by atoms with Gasteiger partial charge in [0.05, 0.1) is 0 Å². The standard InChI is InChI=1S/2C17H17.C3H6.2ClH.Zr/c2*1-2-3-6-13-11-15-10-9-14-7-4-5-8-16(14)17(15)12-13;1-3-2;;;/h2*4-5,7-12H,2-3,6H2,1H3;1-3H2;2*1H;/q;;;;;+2/p-2. The molecule has 1 fully saturated rings. The van der Waals surface area contributed by atoms with E-state index >= 15 is 0 Å². The fourth-order valence-electron chi connectivity index (χ4n) is 8.27. The van der Waals surface area contributed by atoms with Crippen molar-refractivity contribution in [2.75, 3.05) is 0 Å². The first-order chi connectivity index (χ1) is 18.7. The number of fused-ring (bicyclic) bond motifs is 6. The normalized spacial score (nSPS) is 19.4. The number of unbranched alkanes of at least 4 members (excludes halogenated alkanes) is 2. The molecule has 2 unspecified atom stereocenters. The van der Waals surface area contributed by atoms with Crippen molar-refractivity contribution in [3.05, 3.63) is 106 Å². The molecule has 3 heteroatoms. The van der Waals surface area contributed by atoms with Gasteiger partial charge in [-0.3, -0.25) is 0 Å². The van der Waals surface area contributed by atoms with Crippen LogP contribution < -0.4 is 24.8 Å². The Kier molecular flexibility index (Phi) is 9.17. The number of hydrogen-bond acceptors (Lipinski definition) is 0. The van der Waals surface area contributed by atoms with Gasteiger partial charge in [0.25, 0.3) is 0 Å². The Labute approximate surface area is 257 Å². The maximum absolute atomic E-state index is 2.75. The second-order valence-corrected chi connectivity index (χ2v) is 23.5. The van der Waals surface area contributed by atoms with Gasteiger partial charge in [-0.05, 0) is 0 Å². The van der Waals surface area contributed by atoms with E-state index in [0.29, 0.717) is 0 Å². The molecule has 0 amide bonds. The minimum absolute atomic E-state index is 0. The summed E-state index contributed by atoms with van der Waals surface area (Å²) in [6.45, 7) is 4.72. The maximum Gasteiger partial charge on any atom is -1.00 e. The SMILES string of the molecule is CCCCC1=Cc2c(ccc3ccccc23)[CH]1[Zr+2]1([CH]2C(CCCC)=Cc3c2ccc2ccccc32)[CH2]C[CH2]1.[Cl-].[Cl-]. The Morgan fingerprint density at radius 2 is 1.05 bits per heavy atom. The van der Waals surface area contributed by atoms with Gasteiger partial charge in [-0.1, -0.05) is 0 Å². The van der Waals surface area contributed by atoms with Crippen molar-refractivity contribution in [3.8, 4) is 0 Å². The number of benzene rings is 4. The van der Waals surface area contributed by atoms with Crippen LogP contribution in [0.5, 0.6) is 0 Å². The fraction of sp³-hybridized carbons (Fsp3) is 0.351. The molecule has 3 aliphatic rings. The first-order valence-electron chi connectivity index (χ1n) is 15.2. The third-order valence-electron chi connectivity index (χ3n) is 10.1. The van der Waals surface area contributed by atoms with E-state index in [1.807, 2.05) is 0 Å². The van der Waals surface area contributed by atoms with Gasteiger partial charge in [0, 0.05) is 0 Å². The van der Waals surface area contributed by atoms with Gasteiger partial charge >= 0.3 is 234 Å². The monoisotopic (exact) mass is 644 g/mol. The van der Waals surface area contributed by atoms with Crippen LogP contribution in [0.3, 0.4) is 0 Å². The van der Waals surface area contributed by atoms with E-state index in [0.717, 1.165) is 7.25 Å². The molecule has 2 aliphatic carbocycles. The fourth-order valence-corrected chi connectivity index (χ4v) is 23.8. The van der Waals surface area contributed by atoms with E-state index in [9.17, 15) is 0 Å². The minimum atomic E-state index is -2.75. The molecule has 0 N–H and O–H groups in total. The van der Waals surface area contributed by atoms with Crippen molar-refractivity contribution in [1.82, 2.24) is 0 Å². The average Bonchev–Trinajstić information content (AvgIpc) is 3.50. The van der Waals surface area contributed by atoms with Crippen LogP contribution in [0.4, 0.5) is 0 Å². The summed E-state index contributed by atoms with van der Waals surface area (Å²) in [4.78, 5) is 0. The van der Waals surface area contributed by atoms with Crippen molar-refractivity contribution in [3.63, 3.8) is 0 Å². The van der Waals surface area contributed by atoms with Gasteiger partial charge in [0.2, 0.25) is 0 Å². The second-order valence-electron chi connectivity index (χ2n) is 12.2. The molecule has 1 heterocycles. The van der Waals surface area contributed by atoms with Gasteiger partial charge < -0.3 is 24.8 Å². The molecule has 1 aliphatic heterocycles. The van der Waals surface area contributed by atoms with E-state index in [1.165, 1.54) is 66.5 Å². The van der Waals surface area contributed by atoms with Crippen LogP contribution in [-0.4, -0.2) is 0 Å². The summed E-state index contributed by atoms with van der Waals surface area (Å²) in [6.07, 6.45) is 14.6. The zero-order chi connectivity index (χ0) is 25.7. The number of halogens is 2. The predicted molar refractivity (Wildman–Crippen MR) is 163 cm³/mol. The van der Waals surface area contributed by atoms with E-state index < -0.39 is 20.3 Å². The van der Waals surface area contributed by atoms with E-state index in [4.69, 9.17) is 0 Å². The molecule has 0 nitrogen and oxygen atoms in total. The first-order valence-corrected chi connectivity index (χ1v) is 21.5. The minimum Gasteiger partial charge on any atom is -1.00 e. The molecule has 206 valence electrons. The van der Waals surface area contributed by atoms with Crippen molar-refractivity contribution >= 4 is 33.7 Å². The third-order valence-corrected chi connectivity index (χ3v) is 25.4. The molecule has 4 aromatic carbocycles. The first kappa shape index (κ1) is 29.8. The topological polar surface area (TPSA) is 0 Å². The quantitative estimate of drug-likeness (QED) is 0.242. The molecule has 2 atom stereocenters. The molecule has 7 rings (SSSR count). The van der Waals surface area contributed by atoms with E-state index in [1.54, 1.807) is 41.7 Å². The largest absolute Gasteiger partial charge is 1.00 e. The van der Waals surface area contributed by atoms with E-state index in [-0.39, 0.29) is 24.8 Å². The summed E-state index contributed by atoms with van der Waals surface area (Å²) < 4.78 is 4.60. The van der Waals surface area contributed by atoms with Gasteiger partial charge in [0.1, 0.15) is 0 Å². The molecule has 0 bridgehead atoms. The summed E-state index contributed by atoms with van der Waals surface area (Å²) in [5, 5.41) is 5.75. The summed E-state index contributed by atoms with van der Waals surface area (Å²) >= 11 is -2.75. The van der Waals surface area contributed by atoms with Gasteiger partial charge in [0.15, 0.2) is 0 Å². The van der Waals surface area contributed by atoms with E-state index in [2.05, 4.69) is 98.8 Å². The van der Waals surface area contributed by atoms with Crippen LogP contribution in [-0.2, 0) is 20.3 Å². The number of allylic oxidation sites excluding steroid dienone is 2. The Bertz CT molecular complexity index is 1480. The molecular weight excluding hydrogens is 607 g/mol. The third kappa shape index (κ3) is 4.69. The zero-order valence-corrected chi connectivity index (χ0v) is 27.8. The average molecular weight is 647 g/mol. The molecule has 0 saturated carbocycles. The molecule has 1 saturated heterocycles. The van der Waals surface area contributed by atoms with Crippen LogP contribution in [0.25, 0.3) is 33.7 Å². The molecule has 0 radical (unpaired) electrons. The van der Waals surface area contributed by atoms with Crippen LogP contribution >= 0.6 is 0 Å². The molecule has 40 heavy (non-hydrogen) atoms. The Morgan fingerprint density at radius 1 is 0.600 bits per heavy atom. The summed E-state index contributed by atoms with van der Waals surface area (Å²) in [6, 6.07) is 28.2.